The second kappa shape index (κ2) is 7.22. The molecule has 2 heterocycles. The fraction of sp³-hybridized carbons (Fsp3) is 0.786. The van der Waals surface area contributed by atoms with Gasteiger partial charge in [-0.1, -0.05) is 13.8 Å². The molecule has 0 unspecified atom stereocenters. The number of anilines is 1. The number of aromatic nitrogens is 1. The molecule has 1 N–H and O–H groups in total. The van der Waals surface area contributed by atoms with Crippen molar-refractivity contribution < 1.29 is 4.74 Å². The Morgan fingerprint density at radius 2 is 2.21 bits per heavy atom. The van der Waals surface area contributed by atoms with E-state index in [9.17, 15) is 0 Å². The first-order valence-electron chi connectivity index (χ1n) is 7.12. The molecule has 1 saturated heterocycles. The Labute approximate surface area is 120 Å². The first-order chi connectivity index (χ1) is 9.19. The third kappa shape index (κ3) is 4.44. The largest absolute Gasteiger partial charge is 0.383 e. The van der Waals surface area contributed by atoms with E-state index < -0.39 is 0 Å². The third-order valence-corrected chi connectivity index (χ3v) is 4.85. The molecule has 19 heavy (non-hydrogen) atoms. The van der Waals surface area contributed by atoms with Crippen LogP contribution in [0.1, 0.15) is 37.5 Å². The molecule has 1 fully saturated rings. The minimum absolute atomic E-state index is 0.573. The molecular weight excluding hydrogens is 258 g/mol. The number of piperidine rings is 1. The first kappa shape index (κ1) is 14.8. The first-order valence-corrected chi connectivity index (χ1v) is 7.94. The van der Waals surface area contributed by atoms with Crippen molar-refractivity contribution in [3.63, 3.8) is 0 Å². The molecule has 0 radical (unpaired) electrons. The Hall–Kier alpha value is -0.650. The van der Waals surface area contributed by atoms with E-state index in [1.807, 2.05) is 6.20 Å². The van der Waals surface area contributed by atoms with Gasteiger partial charge in [0.2, 0.25) is 0 Å². The number of hydrogen-bond donors (Lipinski definition) is 1. The van der Waals surface area contributed by atoms with Crippen molar-refractivity contribution in [2.24, 2.45) is 0 Å². The van der Waals surface area contributed by atoms with Crippen LogP contribution < -0.4 is 5.32 Å². The van der Waals surface area contributed by atoms with Gasteiger partial charge in [0.25, 0.3) is 0 Å². The van der Waals surface area contributed by atoms with Gasteiger partial charge in [-0.25, -0.2) is 4.98 Å². The summed E-state index contributed by atoms with van der Waals surface area (Å²) in [6.45, 7) is 8.63. The Kier molecular flexibility index (Phi) is 5.60. The Balaban J connectivity index is 1.75. The summed E-state index contributed by atoms with van der Waals surface area (Å²) in [5.41, 5.74) is 0. The molecule has 1 aliphatic rings. The third-order valence-electron chi connectivity index (χ3n) is 3.62. The highest BCUT2D eigenvalue weighted by atomic mass is 32.1. The number of thiazole rings is 1. The molecule has 1 aliphatic heterocycles. The average Bonchev–Trinajstić information content (AvgIpc) is 2.87. The maximum atomic E-state index is 5.13. The summed E-state index contributed by atoms with van der Waals surface area (Å²) < 4.78 is 5.13. The Morgan fingerprint density at radius 3 is 2.79 bits per heavy atom. The van der Waals surface area contributed by atoms with Crippen LogP contribution in [0.5, 0.6) is 0 Å². The average molecular weight is 283 g/mol. The molecule has 1 aromatic rings. The number of likely N-dealkylation sites (tertiary alicyclic amines) is 1. The van der Waals surface area contributed by atoms with Crippen LogP contribution in [0.15, 0.2) is 6.20 Å². The van der Waals surface area contributed by atoms with Crippen molar-refractivity contribution in [2.45, 2.75) is 38.6 Å². The van der Waals surface area contributed by atoms with Crippen molar-refractivity contribution in [3.8, 4) is 0 Å². The van der Waals surface area contributed by atoms with Crippen LogP contribution in [0.2, 0.25) is 0 Å². The number of methoxy groups -OCH3 is 1. The monoisotopic (exact) mass is 283 g/mol. The molecule has 0 aliphatic carbocycles. The summed E-state index contributed by atoms with van der Waals surface area (Å²) in [5.74, 6) is 0.573. The van der Waals surface area contributed by atoms with Crippen LogP contribution >= 0.6 is 11.3 Å². The van der Waals surface area contributed by atoms with Crippen molar-refractivity contribution in [1.29, 1.82) is 0 Å². The van der Waals surface area contributed by atoms with Gasteiger partial charge < -0.3 is 15.0 Å². The van der Waals surface area contributed by atoms with E-state index in [1.165, 1.54) is 17.7 Å². The van der Waals surface area contributed by atoms with Gasteiger partial charge in [0, 0.05) is 43.9 Å². The smallest absolute Gasteiger partial charge is 0.183 e. The SMILES string of the molecule is COCCN1CCC(Nc2ncc(C(C)C)s2)CC1. The zero-order valence-corrected chi connectivity index (χ0v) is 13.0. The highest BCUT2D eigenvalue weighted by Crippen LogP contribution is 2.26. The van der Waals surface area contributed by atoms with Crippen molar-refractivity contribution >= 4 is 16.5 Å². The minimum Gasteiger partial charge on any atom is -0.383 e. The van der Waals surface area contributed by atoms with Gasteiger partial charge in [0.15, 0.2) is 5.13 Å². The molecule has 5 heteroatoms. The van der Waals surface area contributed by atoms with E-state index in [-0.39, 0.29) is 0 Å². The van der Waals surface area contributed by atoms with Gasteiger partial charge in [-0.05, 0) is 18.8 Å². The standard InChI is InChI=1S/C14H25N3OS/c1-11(2)13-10-15-14(19-13)16-12-4-6-17(7-5-12)8-9-18-3/h10-12H,4-9H2,1-3H3,(H,15,16). The zero-order chi connectivity index (χ0) is 13.7. The van der Waals surface area contributed by atoms with E-state index in [0.29, 0.717) is 12.0 Å². The number of ether oxygens (including phenoxy) is 1. The van der Waals surface area contributed by atoms with Gasteiger partial charge in [-0.2, -0.15) is 0 Å². The number of rotatable bonds is 6. The van der Waals surface area contributed by atoms with Crippen LogP contribution in [0.25, 0.3) is 0 Å². The summed E-state index contributed by atoms with van der Waals surface area (Å²) in [6.07, 6.45) is 4.39. The lowest BCUT2D eigenvalue weighted by Crippen LogP contribution is -2.40. The molecule has 0 amide bonds. The molecule has 0 bridgehead atoms. The predicted molar refractivity (Wildman–Crippen MR) is 81.2 cm³/mol. The van der Waals surface area contributed by atoms with Crippen LogP contribution in [-0.2, 0) is 4.74 Å². The lowest BCUT2D eigenvalue weighted by Gasteiger charge is -2.32. The van der Waals surface area contributed by atoms with Crippen LogP contribution in [0, 0.1) is 0 Å². The summed E-state index contributed by atoms with van der Waals surface area (Å²) >= 11 is 1.79. The fourth-order valence-electron chi connectivity index (χ4n) is 2.32. The highest BCUT2D eigenvalue weighted by molar-refractivity contribution is 7.15. The van der Waals surface area contributed by atoms with Crippen molar-refractivity contribution in [2.75, 3.05) is 38.7 Å². The second-order valence-electron chi connectivity index (χ2n) is 5.48. The Morgan fingerprint density at radius 1 is 1.47 bits per heavy atom. The number of nitrogens with one attached hydrogen (secondary N) is 1. The normalized spacial score (nSPS) is 18.1. The molecule has 1 aromatic heterocycles. The van der Waals surface area contributed by atoms with Gasteiger partial charge in [-0.15, -0.1) is 11.3 Å². The molecule has 0 saturated carbocycles. The zero-order valence-electron chi connectivity index (χ0n) is 12.2. The maximum Gasteiger partial charge on any atom is 0.183 e. The van der Waals surface area contributed by atoms with Gasteiger partial charge >= 0.3 is 0 Å². The summed E-state index contributed by atoms with van der Waals surface area (Å²) in [6, 6.07) is 0.574. The molecule has 108 valence electrons. The highest BCUT2D eigenvalue weighted by Gasteiger charge is 2.19. The molecule has 0 aromatic carbocycles. The van der Waals surface area contributed by atoms with Crippen LogP contribution in [0.4, 0.5) is 5.13 Å². The lowest BCUT2D eigenvalue weighted by atomic mass is 10.1. The fourth-order valence-corrected chi connectivity index (χ4v) is 3.21. The van der Waals surface area contributed by atoms with Gasteiger partial charge in [0.05, 0.1) is 6.61 Å². The van der Waals surface area contributed by atoms with E-state index in [4.69, 9.17) is 4.74 Å². The van der Waals surface area contributed by atoms with Crippen molar-refractivity contribution in [3.05, 3.63) is 11.1 Å². The van der Waals surface area contributed by atoms with E-state index in [0.717, 1.165) is 31.4 Å². The minimum atomic E-state index is 0.573. The number of hydrogen-bond acceptors (Lipinski definition) is 5. The van der Waals surface area contributed by atoms with Crippen LogP contribution in [-0.4, -0.2) is 49.3 Å². The van der Waals surface area contributed by atoms with E-state index >= 15 is 0 Å². The topological polar surface area (TPSA) is 37.4 Å². The predicted octanol–water partition coefficient (Wildman–Crippen LogP) is 2.79. The molecule has 2 rings (SSSR count). The van der Waals surface area contributed by atoms with E-state index in [2.05, 4.69) is 29.0 Å². The lowest BCUT2D eigenvalue weighted by molar-refractivity contribution is 0.132. The van der Waals surface area contributed by atoms with Gasteiger partial charge in [0.1, 0.15) is 0 Å². The van der Waals surface area contributed by atoms with Gasteiger partial charge in [-0.3, -0.25) is 0 Å². The van der Waals surface area contributed by atoms with Crippen molar-refractivity contribution in [1.82, 2.24) is 9.88 Å². The maximum absolute atomic E-state index is 5.13. The summed E-state index contributed by atoms with van der Waals surface area (Å²) in [4.78, 5) is 8.31. The summed E-state index contributed by atoms with van der Waals surface area (Å²) in [5, 5.41) is 4.66. The molecular formula is C14H25N3OS. The molecule has 4 nitrogen and oxygen atoms in total. The van der Waals surface area contributed by atoms with Crippen LogP contribution in [0.3, 0.4) is 0 Å². The number of nitrogens with zero attached hydrogens (tertiary/aromatic N) is 2. The van der Waals surface area contributed by atoms with E-state index in [1.54, 1.807) is 18.4 Å². The summed E-state index contributed by atoms with van der Waals surface area (Å²) in [7, 11) is 1.77. The second-order valence-corrected chi connectivity index (χ2v) is 6.54. The molecule has 0 atom stereocenters. The molecule has 0 spiro atoms. The quantitative estimate of drug-likeness (QED) is 0.871. The Bertz CT molecular complexity index is 373.